The third kappa shape index (κ3) is 1.44. The second kappa shape index (κ2) is 3.67. The summed E-state index contributed by atoms with van der Waals surface area (Å²) in [7, 11) is 1.84. The summed E-state index contributed by atoms with van der Waals surface area (Å²) in [5.74, 6) is 0. The number of fused-ring (bicyclic) bond motifs is 4. The molecule has 0 N–H and O–H groups in total. The van der Waals surface area contributed by atoms with E-state index in [0.29, 0.717) is 18.3 Å². The molecule has 4 aliphatic rings. The van der Waals surface area contributed by atoms with Gasteiger partial charge in [0, 0.05) is 7.11 Å². The Morgan fingerprint density at radius 1 is 1.06 bits per heavy atom. The number of epoxide rings is 2. The molecule has 0 aromatic rings. The Balaban J connectivity index is 1.67. The van der Waals surface area contributed by atoms with E-state index in [0.717, 1.165) is 19.6 Å². The van der Waals surface area contributed by atoms with Gasteiger partial charge in [-0.1, -0.05) is 12.8 Å². The molecular weight excluding hydrogens is 220 g/mol. The zero-order chi connectivity index (χ0) is 11.5. The topological polar surface area (TPSA) is 43.5 Å². The van der Waals surface area contributed by atoms with Gasteiger partial charge in [0.1, 0.15) is 12.2 Å². The van der Waals surface area contributed by atoms with E-state index in [1.54, 1.807) is 0 Å². The zero-order valence-electron chi connectivity index (χ0n) is 10.3. The fourth-order valence-corrected chi connectivity index (χ4v) is 4.13. The van der Waals surface area contributed by atoms with E-state index < -0.39 is 0 Å². The first-order chi connectivity index (χ1) is 8.36. The molecule has 4 heteroatoms. The Kier molecular flexibility index (Phi) is 2.32. The van der Waals surface area contributed by atoms with Gasteiger partial charge in [-0.05, 0) is 12.8 Å². The standard InChI is InChI=1S/C13H20O4/c1-14-10-4-2-3-5-13(10)11-8(16-11)6-15-7-9-12(13)17-9/h8-12H,2-7H2,1H3. The molecule has 17 heavy (non-hydrogen) atoms. The first kappa shape index (κ1) is 10.7. The smallest absolute Gasteiger partial charge is 0.108 e. The van der Waals surface area contributed by atoms with Crippen LogP contribution in [0.1, 0.15) is 25.7 Å². The zero-order valence-corrected chi connectivity index (χ0v) is 10.3. The van der Waals surface area contributed by atoms with Crippen LogP contribution in [-0.2, 0) is 18.9 Å². The van der Waals surface area contributed by atoms with Crippen LogP contribution in [0.5, 0.6) is 0 Å². The van der Waals surface area contributed by atoms with E-state index in [1.807, 2.05) is 7.11 Å². The SMILES string of the molecule is COC1CCCCC12C1OC1COCC1OC12. The summed E-state index contributed by atoms with van der Waals surface area (Å²) in [6, 6.07) is 0. The third-order valence-electron chi connectivity index (χ3n) is 5.00. The second-order valence-corrected chi connectivity index (χ2v) is 5.81. The van der Waals surface area contributed by atoms with Gasteiger partial charge in [-0.15, -0.1) is 0 Å². The first-order valence-corrected chi connectivity index (χ1v) is 6.78. The van der Waals surface area contributed by atoms with Crippen molar-refractivity contribution in [2.75, 3.05) is 20.3 Å². The summed E-state index contributed by atoms with van der Waals surface area (Å²) < 4.78 is 23.1. The van der Waals surface area contributed by atoms with Crippen molar-refractivity contribution in [2.24, 2.45) is 5.41 Å². The summed E-state index contributed by atoms with van der Waals surface area (Å²) >= 11 is 0. The maximum absolute atomic E-state index is 5.88. The van der Waals surface area contributed by atoms with Crippen LogP contribution in [0.15, 0.2) is 0 Å². The molecule has 0 aromatic carbocycles. The van der Waals surface area contributed by atoms with Crippen molar-refractivity contribution < 1.29 is 18.9 Å². The van der Waals surface area contributed by atoms with Gasteiger partial charge in [-0.25, -0.2) is 0 Å². The van der Waals surface area contributed by atoms with E-state index in [4.69, 9.17) is 18.9 Å². The van der Waals surface area contributed by atoms with Crippen molar-refractivity contribution in [3.63, 3.8) is 0 Å². The lowest BCUT2D eigenvalue weighted by Crippen LogP contribution is -2.50. The van der Waals surface area contributed by atoms with Crippen LogP contribution in [0.4, 0.5) is 0 Å². The molecule has 1 spiro atoms. The van der Waals surface area contributed by atoms with Crippen molar-refractivity contribution in [3.05, 3.63) is 0 Å². The summed E-state index contributed by atoms with van der Waals surface area (Å²) in [6.45, 7) is 1.46. The molecule has 3 saturated heterocycles. The molecule has 96 valence electrons. The molecule has 3 heterocycles. The minimum Gasteiger partial charge on any atom is -0.381 e. The normalized spacial score (nSPS) is 56.6. The van der Waals surface area contributed by atoms with E-state index in [1.165, 1.54) is 19.3 Å². The summed E-state index contributed by atoms with van der Waals surface area (Å²) in [4.78, 5) is 0. The van der Waals surface area contributed by atoms with Gasteiger partial charge >= 0.3 is 0 Å². The van der Waals surface area contributed by atoms with Gasteiger partial charge in [-0.3, -0.25) is 0 Å². The molecule has 1 saturated carbocycles. The minimum absolute atomic E-state index is 0.117. The molecule has 4 rings (SSSR count). The van der Waals surface area contributed by atoms with Gasteiger partial charge in [-0.2, -0.15) is 0 Å². The largest absolute Gasteiger partial charge is 0.381 e. The Bertz CT molecular complexity index is 301. The molecule has 4 nitrogen and oxygen atoms in total. The predicted octanol–water partition coefficient (Wildman–Crippen LogP) is 1.13. The van der Waals surface area contributed by atoms with Gasteiger partial charge in [0.25, 0.3) is 0 Å². The number of methoxy groups -OCH3 is 1. The van der Waals surface area contributed by atoms with Crippen LogP contribution in [0.25, 0.3) is 0 Å². The Labute approximate surface area is 102 Å². The molecule has 0 radical (unpaired) electrons. The summed E-state index contributed by atoms with van der Waals surface area (Å²) in [5.41, 5.74) is 0.117. The van der Waals surface area contributed by atoms with Crippen molar-refractivity contribution in [1.29, 1.82) is 0 Å². The Hall–Kier alpha value is -0.160. The number of hydrogen-bond acceptors (Lipinski definition) is 4. The highest BCUT2D eigenvalue weighted by atomic mass is 16.7. The highest BCUT2D eigenvalue weighted by molar-refractivity contribution is 5.16. The Morgan fingerprint density at radius 2 is 1.76 bits per heavy atom. The second-order valence-electron chi connectivity index (χ2n) is 5.81. The van der Waals surface area contributed by atoms with Gasteiger partial charge in [0.2, 0.25) is 0 Å². The molecule has 3 aliphatic heterocycles. The number of rotatable bonds is 1. The molecule has 5 atom stereocenters. The fourth-order valence-electron chi connectivity index (χ4n) is 4.13. The van der Waals surface area contributed by atoms with Crippen molar-refractivity contribution in [2.45, 2.75) is 56.2 Å². The molecule has 1 aliphatic carbocycles. The predicted molar refractivity (Wildman–Crippen MR) is 59.8 cm³/mol. The monoisotopic (exact) mass is 240 g/mol. The molecule has 0 aromatic heterocycles. The molecule has 4 fully saturated rings. The Morgan fingerprint density at radius 3 is 2.41 bits per heavy atom. The lowest BCUT2D eigenvalue weighted by Gasteiger charge is -2.42. The number of ether oxygens (including phenoxy) is 4. The van der Waals surface area contributed by atoms with Gasteiger partial charge in [0.15, 0.2) is 0 Å². The van der Waals surface area contributed by atoms with E-state index in [2.05, 4.69) is 0 Å². The van der Waals surface area contributed by atoms with Crippen LogP contribution in [0, 0.1) is 5.41 Å². The number of hydrogen-bond donors (Lipinski definition) is 0. The van der Waals surface area contributed by atoms with Crippen LogP contribution < -0.4 is 0 Å². The third-order valence-corrected chi connectivity index (χ3v) is 5.00. The molecule has 0 amide bonds. The average molecular weight is 240 g/mol. The summed E-state index contributed by atoms with van der Waals surface area (Å²) in [5, 5.41) is 0. The van der Waals surface area contributed by atoms with Gasteiger partial charge in [0.05, 0.1) is 36.9 Å². The lowest BCUT2D eigenvalue weighted by molar-refractivity contribution is -0.0729. The average Bonchev–Trinajstić information content (AvgIpc) is 3.23. The highest BCUT2D eigenvalue weighted by Crippen LogP contribution is 2.58. The molecule has 5 unspecified atom stereocenters. The van der Waals surface area contributed by atoms with Crippen LogP contribution in [0.2, 0.25) is 0 Å². The molecule has 0 bridgehead atoms. The quantitative estimate of drug-likeness (QED) is 0.644. The van der Waals surface area contributed by atoms with E-state index in [-0.39, 0.29) is 17.6 Å². The lowest BCUT2D eigenvalue weighted by atomic mass is 9.65. The fraction of sp³-hybridized carbons (Fsp3) is 1.00. The van der Waals surface area contributed by atoms with Crippen LogP contribution in [0.3, 0.4) is 0 Å². The minimum atomic E-state index is 0.117. The van der Waals surface area contributed by atoms with Gasteiger partial charge < -0.3 is 18.9 Å². The van der Waals surface area contributed by atoms with Crippen LogP contribution in [-0.4, -0.2) is 50.8 Å². The summed E-state index contributed by atoms with van der Waals surface area (Å²) in [6.07, 6.45) is 6.38. The first-order valence-electron chi connectivity index (χ1n) is 6.78. The van der Waals surface area contributed by atoms with Crippen molar-refractivity contribution >= 4 is 0 Å². The van der Waals surface area contributed by atoms with Crippen LogP contribution >= 0.6 is 0 Å². The van der Waals surface area contributed by atoms with E-state index in [9.17, 15) is 0 Å². The maximum Gasteiger partial charge on any atom is 0.108 e. The van der Waals surface area contributed by atoms with Crippen molar-refractivity contribution in [3.8, 4) is 0 Å². The molecular formula is C13H20O4. The maximum atomic E-state index is 5.88. The highest BCUT2D eigenvalue weighted by Gasteiger charge is 2.69. The van der Waals surface area contributed by atoms with Crippen molar-refractivity contribution in [1.82, 2.24) is 0 Å². The van der Waals surface area contributed by atoms with E-state index >= 15 is 0 Å².